The Hall–Kier alpha value is -2.09. The van der Waals surface area contributed by atoms with Crippen molar-refractivity contribution in [3.05, 3.63) is 23.4 Å². The van der Waals surface area contributed by atoms with E-state index in [9.17, 15) is 4.79 Å². The summed E-state index contributed by atoms with van der Waals surface area (Å²) in [4.78, 5) is 17.7. The summed E-state index contributed by atoms with van der Waals surface area (Å²) < 4.78 is 4.62. The van der Waals surface area contributed by atoms with Crippen LogP contribution in [0, 0.1) is 17.2 Å². The van der Waals surface area contributed by atoms with Crippen LogP contribution in [-0.2, 0) is 4.74 Å². The molecular weight excluding hydrogens is 230 g/mol. The number of anilines is 1. The number of ether oxygens (including phenoxy) is 1. The number of rotatable bonds is 2. The van der Waals surface area contributed by atoms with E-state index in [-0.39, 0.29) is 0 Å². The van der Waals surface area contributed by atoms with E-state index < -0.39 is 5.97 Å². The van der Waals surface area contributed by atoms with Gasteiger partial charge < -0.3 is 9.64 Å². The maximum absolute atomic E-state index is 11.4. The molecule has 0 saturated carbocycles. The van der Waals surface area contributed by atoms with E-state index in [0.29, 0.717) is 22.9 Å². The fraction of sp³-hybridized carbons (Fsp3) is 0.462. The predicted octanol–water partition coefficient (Wildman–Crippen LogP) is 1.59. The van der Waals surface area contributed by atoms with Crippen molar-refractivity contribution in [2.75, 3.05) is 25.1 Å². The maximum Gasteiger partial charge on any atom is 0.339 e. The van der Waals surface area contributed by atoms with Crippen LogP contribution in [0.5, 0.6) is 0 Å². The predicted molar refractivity (Wildman–Crippen MR) is 66.3 cm³/mol. The Labute approximate surface area is 106 Å². The Kier molecular flexibility index (Phi) is 3.47. The van der Waals surface area contributed by atoms with Crippen molar-refractivity contribution >= 4 is 11.8 Å². The molecule has 2 heterocycles. The zero-order chi connectivity index (χ0) is 13.1. The van der Waals surface area contributed by atoms with Gasteiger partial charge in [0.2, 0.25) is 0 Å². The van der Waals surface area contributed by atoms with E-state index in [1.807, 2.05) is 0 Å². The summed E-state index contributed by atoms with van der Waals surface area (Å²) in [6.07, 6.45) is 2.57. The fourth-order valence-electron chi connectivity index (χ4n) is 2.15. The van der Waals surface area contributed by atoms with E-state index in [0.717, 1.165) is 19.5 Å². The van der Waals surface area contributed by atoms with Gasteiger partial charge in [-0.2, -0.15) is 5.26 Å². The highest BCUT2D eigenvalue weighted by Gasteiger charge is 2.23. The molecule has 1 atom stereocenters. The summed E-state index contributed by atoms with van der Waals surface area (Å²) >= 11 is 0. The fourth-order valence-corrected chi connectivity index (χ4v) is 2.15. The Morgan fingerprint density at radius 3 is 3.00 bits per heavy atom. The molecule has 94 valence electrons. The number of methoxy groups -OCH3 is 1. The highest BCUT2D eigenvalue weighted by Crippen LogP contribution is 2.25. The van der Waals surface area contributed by atoms with Crippen molar-refractivity contribution in [3.63, 3.8) is 0 Å². The topological polar surface area (TPSA) is 66.2 Å². The molecule has 0 spiro atoms. The second kappa shape index (κ2) is 5.05. The van der Waals surface area contributed by atoms with Gasteiger partial charge in [0.15, 0.2) is 0 Å². The average molecular weight is 245 g/mol. The standard InChI is InChI=1S/C13H15N3O2/c1-9-3-4-16(8-9)12-10(6-14)5-11(7-15-12)13(17)18-2/h5,7,9H,3-4,8H2,1-2H3. The number of esters is 1. The molecule has 5 heteroatoms. The van der Waals surface area contributed by atoms with Crippen LogP contribution in [0.3, 0.4) is 0 Å². The van der Waals surface area contributed by atoms with Gasteiger partial charge in [0, 0.05) is 19.3 Å². The molecule has 1 aromatic rings. The van der Waals surface area contributed by atoms with E-state index in [1.165, 1.54) is 19.4 Å². The third-order valence-corrected chi connectivity index (χ3v) is 3.13. The summed E-state index contributed by atoms with van der Waals surface area (Å²) in [5.41, 5.74) is 0.733. The molecule has 0 radical (unpaired) electrons. The van der Waals surface area contributed by atoms with Gasteiger partial charge in [0.25, 0.3) is 0 Å². The van der Waals surface area contributed by atoms with Gasteiger partial charge in [0.05, 0.1) is 18.2 Å². The molecule has 1 saturated heterocycles. The highest BCUT2D eigenvalue weighted by atomic mass is 16.5. The van der Waals surface area contributed by atoms with Crippen LogP contribution in [0.2, 0.25) is 0 Å². The van der Waals surface area contributed by atoms with Crippen molar-refractivity contribution in [2.24, 2.45) is 5.92 Å². The van der Waals surface area contributed by atoms with Crippen LogP contribution < -0.4 is 4.90 Å². The number of hydrogen-bond acceptors (Lipinski definition) is 5. The van der Waals surface area contributed by atoms with E-state index in [1.54, 1.807) is 0 Å². The molecule has 1 aliphatic rings. The van der Waals surface area contributed by atoms with Gasteiger partial charge in [-0.05, 0) is 18.4 Å². The number of carbonyl (C=O) groups excluding carboxylic acids is 1. The van der Waals surface area contributed by atoms with Crippen LogP contribution in [0.1, 0.15) is 29.3 Å². The van der Waals surface area contributed by atoms with Crippen molar-refractivity contribution in [2.45, 2.75) is 13.3 Å². The second-order valence-corrected chi connectivity index (χ2v) is 4.54. The Morgan fingerprint density at radius 2 is 2.44 bits per heavy atom. The number of carbonyl (C=O) groups is 1. The Balaban J connectivity index is 2.32. The minimum atomic E-state index is -0.472. The second-order valence-electron chi connectivity index (χ2n) is 4.54. The first-order valence-corrected chi connectivity index (χ1v) is 5.89. The molecule has 1 fully saturated rings. The van der Waals surface area contributed by atoms with Gasteiger partial charge in [-0.3, -0.25) is 0 Å². The minimum absolute atomic E-state index is 0.310. The molecule has 1 unspecified atom stereocenters. The first kappa shape index (κ1) is 12.4. The lowest BCUT2D eigenvalue weighted by molar-refractivity contribution is 0.0600. The zero-order valence-corrected chi connectivity index (χ0v) is 10.5. The molecular formula is C13H15N3O2. The van der Waals surface area contributed by atoms with E-state index >= 15 is 0 Å². The summed E-state index contributed by atoms with van der Waals surface area (Å²) in [6.45, 7) is 3.98. The largest absolute Gasteiger partial charge is 0.465 e. The monoisotopic (exact) mass is 245 g/mol. The first-order chi connectivity index (χ1) is 8.65. The molecule has 5 nitrogen and oxygen atoms in total. The van der Waals surface area contributed by atoms with Crippen molar-refractivity contribution in [1.29, 1.82) is 5.26 Å². The SMILES string of the molecule is COC(=O)c1cnc(N2CCC(C)C2)c(C#N)c1. The number of nitriles is 1. The number of hydrogen-bond donors (Lipinski definition) is 0. The Morgan fingerprint density at radius 1 is 1.67 bits per heavy atom. The summed E-state index contributed by atoms with van der Waals surface area (Å²) in [5.74, 6) is 0.800. The number of aromatic nitrogens is 1. The van der Waals surface area contributed by atoms with Crippen LogP contribution in [-0.4, -0.2) is 31.2 Å². The zero-order valence-electron chi connectivity index (χ0n) is 10.5. The van der Waals surface area contributed by atoms with E-state index in [2.05, 4.69) is 27.6 Å². The quantitative estimate of drug-likeness (QED) is 0.740. The van der Waals surface area contributed by atoms with Gasteiger partial charge >= 0.3 is 5.97 Å². The third-order valence-electron chi connectivity index (χ3n) is 3.13. The van der Waals surface area contributed by atoms with Gasteiger partial charge in [-0.1, -0.05) is 6.92 Å². The van der Waals surface area contributed by atoms with Gasteiger partial charge in [-0.15, -0.1) is 0 Å². The van der Waals surface area contributed by atoms with Gasteiger partial charge in [0.1, 0.15) is 11.9 Å². The van der Waals surface area contributed by atoms with Crippen molar-refractivity contribution in [3.8, 4) is 6.07 Å². The molecule has 1 aromatic heterocycles. The molecule has 0 aromatic carbocycles. The lowest BCUT2D eigenvalue weighted by atomic mass is 10.2. The lowest BCUT2D eigenvalue weighted by Crippen LogP contribution is -2.21. The van der Waals surface area contributed by atoms with Crippen LogP contribution in [0.25, 0.3) is 0 Å². The number of nitrogens with zero attached hydrogens (tertiary/aromatic N) is 3. The minimum Gasteiger partial charge on any atom is -0.465 e. The summed E-state index contributed by atoms with van der Waals surface area (Å²) in [5, 5.41) is 9.15. The maximum atomic E-state index is 11.4. The lowest BCUT2D eigenvalue weighted by Gasteiger charge is -2.18. The van der Waals surface area contributed by atoms with Crippen LogP contribution in [0.15, 0.2) is 12.3 Å². The highest BCUT2D eigenvalue weighted by molar-refractivity contribution is 5.89. The van der Waals surface area contributed by atoms with Crippen LogP contribution >= 0.6 is 0 Å². The van der Waals surface area contributed by atoms with E-state index in [4.69, 9.17) is 5.26 Å². The smallest absolute Gasteiger partial charge is 0.339 e. The van der Waals surface area contributed by atoms with Gasteiger partial charge in [-0.25, -0.2) is 9.78 Å². The number of pyridine rings is 1. The molecule has 2 rings (SSSR count). The first-order valence-electron chi connectivity index (χ1n) is 5.89. The molecule has 1 aliphatic heterocycles. The van der Waals surface area contributed by atoms with Crippen molar-refractivity contribution in [1.82, 2.24) is 4.98 Å². The molecule has 0 bridgehead atoms. The molecule has 18 heavy (non-hydrogen) atoms. The molecule has 0 aliphatic carbocycles. The molecule has 0 N–H and O–H groups in total. The Bertz CT molecular complexity index is 507. The normalized spacial score (nSPS) is 18.5. The third kappa shape index (κ3) is 2.28. The van der Waals surface area contributed by atoms with Crippen LogP contribution in [0.4, 0.5) is 5.82 Å². The van der Waals surface area contributed by atoms with Crippen molar-refractivity contribution < 1.29 is 9.53 Å². The summed E-state index contributed by atoms with van der Waals surface area (Å²) in [7, 11) is 1.31. The molecule has 0 amide bonds. The average Bonchev–Trinajstić information content (AvgIpc) is 2.83. The summed E-state index contributed by atoms with van der Waals surface area (Å²) in [6, 6.07) is 3.63.